The predicted molar refractivity (Wildman–Crippen MR) is 98.2 cm³/mol. The number of halogens is 2. The number of pyridine rings is 1. The van der Waals surface area contributed by atoms with E-state index >= 15 is 0 Å². The molecule has 4 heteroatoms. The summed E-state index contributed by atoms with van der Waals surface area (Å²) in [6, 6.07) is 8.24. The summed E-state index contributed by atoms with van der Waals surface area (Å²) in [6.45, 7) is 0. The largest absolute Gasteiger partial charge is 2.00 e. The molecule has 1 heterocycles. The number of nitrogens with zero attached hydrogens (tertiary/aromatic N) is 1. The van der Waals surface area contributed by atoms with Crippen LogP contribution in [0.2, 0.25) is 0 Å². The maximum Gasteiger partial charge on any atom is 2.00 e. The van der Waals surface area contributed by atoms with Gasteiger partial charge < -0.3 is 0 Å². The average Bonchev–Trinajstić information content (AvgIpc) is 3.23. The summed E-state index contributed by atoms with van der Waals surface area (Å²) in [5.74, 6) is 1.15. The second-order valence-electron chi connectivity index (χ2n) is 4.79. The van der Waals surface area contributed by atoms with Crippen molar-refractivity contribution in [3.05, 3.63) is 103 Å². The van der Waals surface area contributed by atoms with Crippen molar-refractivity contribution < 1.29 is 17.1 Å². The van der Waals surface area contributed by atoms with Gasteiger partial charge in [0.2, 0.25) is 0 Å². The van der Waals surface area contributed by atoms with Crippen LogP contribution >= 0.6 is 31.9 Å². The van der Waals surface area contributed by atoms with Crippen LogP contribution in [-0.4, -0.2) is 4.98 Å². The molecular weight excluding hydrogens is 458 g/mol. The maximum absolute atomic E-state index is 4.69. The standard InChI is InChI=1S/C14H8Br2N.C5H5.Fe/c15-11-7-10-5-6-13(9-3-1-2-4-9)17-14(10)12(16)8-11;1-2-4-5-3-1;/h1-8H;1-5H;/q;;+2. The van der Waals surface area contributed by atoms with E-state index in [1.807, 2.05) is 51.0 Å². The Morgan fingerprint density at radius 2 is 1.35 bits per heavy atom. The van der Waals surface area contributed by atoms with Gasteiger partial charge in [0, 0.05) is 25.9 Å². The minimum Gasteiger partial charge on any atom is -0.251 e. The predicted octanol–water partition coefficient (Wildman–Crippen LogP) is 5.53. The van der Waals surface area contributed by atoms with Crippen LogP contribution in [0.3, 0.4) is 0 Å². The van der Waals surface area contributed by atoms with Crippen molar-refractivity contribution in [3.8, 4) is 0 Å². The normalized spacial score (nSPS) is 17.7. The van der Waals surface area contributed by atoms with Gasteiger partial charge in [-0.1, -0.05) is 22.0 Å². The molecule has 0 spiro atoms. The Bertz CT molecular complexity index is 627. The van der Waals surface area contributed by atoms with Crippen LogP contribution < -0.4 is 0 Å². The van der Waals surface area contributed by atoms with Crippen molar-refractivity contribution in [1.82, 2.24) is 4.98 Å². The van der Waals surface area contributed by atoms with Crippen LogP contribution in [0.4, 0.5) is 0 Å². The van der Waals surface area contributed by atoms with E-state index in [-0.39, 0.29) is 17.1 Å². The zero-order chi connectivity index (χ0) is 15.4. The molecule has 0 atom stereocenters. The minimum atomic E-state index is 0. The zero-order valence-electron chi connectivity index (χ0n) is 12.1. The van der Waals surface area contributed by atoms with E-state index in [9.17, 15) is 0 Å². The van der Waals surface area contributed by atoms with E-state index < -0.39 is 0 Å². The van der Waals surface area contributed by atoms with Gasteiger partial charge in [-0.15, -0.1) is 0 Å². The summed E-state index contributed by atoms with van der Waals surface area (Å²) in [6.07, 6.45) is 18.2. The van der Waals surface area contributed by atoms with Gasteiger partial charge in [-0.25, -0.2) is 0 Å². The molecule has 0 bridgehead atoms. The number of fused-ring (bicyclic) bond motifs is 1. The van der Waals surface area contributed by atoms with E-state index in [0.29, 0.717) is 0 Å². The number of benzene rings is 1. The topological polar surface area (TPSA) is 12.9 Å². The van der Waals surface area contributed by atoms with Gasteiger partial charge in [-0.2, -0.15) is 0 Å². The first kappa shape index (κ1) is 19.4. The van der Waals surface area contributed by atoms with E-state index in [1.54, 1.807) is 0 Å². The fraction of sp³-hybridized carbons (Fsp3) is 0. The molecular formula is C19H13Br2FeN+2. The van der Waals surface area contributed by atoms with Crippen LogP contribution in [0.15, 0.2) is 33.2 Å². The third-order valence-electron chi connectivity index (χ3n) is 3.22. The summed E-state index contributed by atoms with van der Waals surface area (Å²) < 4.78 is 2.06. The second-order valence-corrected chi connectivity index (χ2v) is 6.56. The fourth-order valence-electron chi connectivity index (χ4n) is 2.18. The monoisotopic (exact) mass is 469 g/mol. The van der Waals surface area contributed by atoms with Crippen LogP contribution in [0, 0.1) is 63.7 Å². The van der Waals surface area contributed by atoms with Crippen molar-refractivity contribution in [2.45, 2.75) is 0 Å². The van der Waals surface area contributed by atoms with E-state index in [2.05, 4.69) is 62.9 Å². The third-order valence-corrected chi connectivity index (χ3v) is 4.29. The molecule has 2 saturated carbocycles. The number of hydrogen-bond donors (Lipinski definition) is 0. The van der Waals surface area contributed by atoms with Crippen LogP contribution in [0.1, 0.15) is 5.69 Å². The molecule has 114 valence electrons. The molecule has 1 aromatic carbocycles. The fourth-order valence-corrected chi connectivity index (χ4v) is 3.53. The molecule has 2 aromatic rings. The first-order valence-corrected chi connectivity index (χ1v) is 8.47. The number of rotatable bonds is 1. The molecule has 4 rings (SSSR count). The molecule has 0 saturated heterocycles. The molecule has 0 unspecified atom stereocenters. The van der Waals surface area contributed by atoms with Crippen LogP contribution in [-0.2, 0) is 17.1 Å². The molecule has 23 heavy (non-hydrogen) atoms. The quantitative estimate of drug-likeness (QED) is 0.499. The zero-order valence-corrected chi connectivity index (χ0v) is 16.3. The van der Waals surface area contributed by atoms with Gasteiger partial charge in [-0.3, -0.25) is 4.98 Å². The molecule has 2 fully saturated rings. The Labute approximate surface area is 166 Å². The van der Waals surface area contributed by atoms with Gasteiger partial charge in [0.05, 0.1) is 5.52 Å². The van der Waals surface area contributed by atoms with E-state index in [0.717, 1.165) is 31.5 Å². The SMILES string of the molecule is Brc1cc(Br)c2nc([C]3[CH][CH][CH][CH]3)ccc2c1.[CH]1[CH][CH][CH][CH]1.[Fe+2]. The average molecular weight is 471 g/mol. The Balaban J connectivity index is 0.000000276. The van der Waals surface area contributed by atoms with Crippen molar-refractivity contribution in [3.63, 3.8) is 0 Å². The van der Waals surface area contributed by atoms with Gasteiger partial charge in [-0.05, 0) is 91.9 Å². The number of aromatic nitrogens is 1. The Morgan fingerprint density at radius 1 is 0.739 bits per heavy atom. The van der Waals surface area contributed by atoms with Crippen molar-refractivity contribution >= 4 is 42.8 Å². The number of hydrogen-bond acceptors (Lipinski definition) is 1. The summed E-state index contributed by atoms with van der Waals surface area (Å²) in [4.78, 5) is 4.69. The molecule has 0 N–H and O–H groups in total. The second kappa shape index (κ2) is 9.56. The molecule has 10 radical (unpaired) electrons. The first-order valence-electron chi connectivity index (χ1n) is 6.88. The molecule has 2 aliphatic rings. The molecule has 2 aliphatic carbocycles. The van der Waals surface area contributed by atoms with Crippen molar-refractivity contribution in [2.75, 3.05) is 0 Å². The molecule has 1 aromatic heterocycles. The molecule has 0 aliphatic heterocycles. The summed E-state index contributed by atoms with van der Waals surface area (Å²) in [5, 5.41) is 1.13. The summed E-state index contributed by atoms with van der Waals surface area (Å²) in [7, 11) is 0. The maximum atomic E-state index is 4.69. The van der Waals surface area contributed by atoms with E-state index in [4.69, 9.17) is 4.98 Å². The van der Waals surface area contributed by atoms with E-state index in [1.165, 1.54) is 0 Å². The van der Waals surface area contributed by atoms with Crippen molar-refractivity contribution in [2.24, 2.45) is 0 Å². The Morgan fingerprint density at radius 3 is 1.96 bits per heavy atom. The third kappa shape index (κ3) is 5.29. The molecule has 1 nitrogen and oxygen atoms in total. The van der Waals surface area contributed by atoms with Crippen molar-refractivity contribution in [1.29, 1.82) is 0 Å². The van der Waals surface area contributed by atoms with Crippen LogP contribution in [0.5, 0.6) is 0 Å². The Kier molecular flexibility index (Phi) is 8.07. The van der Waals surface area contributed by atoms with Gasteiger partial charge in [0.1, 0.15) is 0 Å². The first-order chi connectivity index (χ1) is 10.7. The van der Waals surface area contributed by atoms with Gasteiger partial charge in [0.25, 0.3) is 0 Å². The summed E-state index contributed by atoms with van der Waals surface area (Å²) in [5.41, 5.74) is 2.00. The minimum absolute atomic E-state index is 0. The smallest absolute Gasteiger partial charge is 0.251 e. The Hall–Kier alpha value is 0.109. The summed E-state index contributed by atoms with van der Waals surface area (Å²) >= 11 is 7.04. The van der Waals surface area contributed by atoms with Crippen LogP contribution in [0.25, 0.3) is 10.9 Å². The van der Waals surface area contributed by atoms with Gasteiger partial charge in [0.15, 0.2) is 0 Å². The molecule has 0 amide bonds. The van der Waals surface area contributed by atoms with Gasteiger partial charge >= 0.3 is 17.1 Å².